The first-order chi connectivity index (χ1) is 9.32. The van der Waals surface area contributed by atoms with Gasteiger partial charge in [0.15, 0.2) is 0 Å². The number of rotatable bonds is 5. The molecule has 0 saturated carbocycles. The number of nitrogens with one attached hydrogen (secondary N) is 1. The molecule has 0 aliphatic heterocycles. The Balaban J connectivity index is 2.81. The maximum Gasteiger partial charge on any atom is 0.416 e. The van der Waals surface area contributed by atoms with Gasteiger partial charge in [0, 0.05) is 19.0 Å². The van der Waals surface area contributed by atoms with E-state index in [0.717, 1.165) is 12.1 Å². The first kappa shape index (κ1) is 15.9. The number of aldehydes is 1. The number of carbonyl (C=O) groups is 2. The average Bonchev–Trinajstić information content (AvgIpc) is 2.36. The van der Waals surface area contributed by atoms with Gasteiger partial charge in [0.1, 0.15) is 6.29 Å². The fourth-order valence-corrected chi connectivity index (χ4v) is 1.56. The lowest BCUT2D eigenvalue weighted by atomic mass is 10.1. The lowest BCUT2D eigenvalue weighted by molar-refractivity contribution is -0.137. The van der Waals surface area contributed by atoms with Crippen molar-refractivity contribution in [3.05, 3.63) is 41.0 Å². The summed E-state index contributed by atoms with van der Waals surface area (Å²) in [6.07, 6.45) is -0.488. The summed E-state index contributed by atoms with van der Waals surface area (Å²) in [5.74, 6) is -0.166. The molecule has 1 aromatic carbocycles. The van der Waals surface area contributed by atoms with E-state index >= 15 is 0 Å². The van der Waals surface area contributed by atoms with Gasteiger partial charge < -0.3 is 5.32 Å². The minimum Gasteiger partial charge on any atom is -0.356 e. The molecule has 108 valence electrons. The molecular weight excluding hydrogens is 271 g/mol. The highest BCUT2D eigenvalue weighted by atomic mass is 19.4. The number of benzene rings is 1. The monoisotopic (exact) mass is 285 g/mol. The van der Waals surface area contributed by atoms with Crippen LogP contribution in [0.1, 0.15) is 34.8 Å². The Bertz CT molecular complexity index is 522. The summed E-state index contributed by atoms with van der Waals surface area (Å²) in [7, 11) is 0. The molecule has 0 unspecified atom stereocenters. The van der Waals surface area contributed by atoms with Gasteiger partial charge in [-0.15, -0.1) is 0 Å². The minimum absolute atomic E-state index is 0.0265. The maximum absolute atomic E-state index is 12.6. The molecule has 0 saturated heterocycles. The normalized spacial score (nSPS) is 11.6. The van der Waals surface area contributed by atoms with Gasteiger partial charge >= 0.3 is 6.18 Å². The van der Waals surface area contributed by atoms with E-state index in [4.69, 9.17) is 0 Å². The third-order valence-corrected chi connectivity index (χ3v) is 2.44. The number of hydrogen-bond acceptors (Lipinski definition) is 2. The Labute approximate surface area is 114 Å². The van der Waals surface area contributed by atoms with Crippen LogP contribution in [-0.4, -0.2) is 18.7 Å². The quantitative estimate of drug-likeness (QED) is 0.667. The summed E-state index contributed by atoms with van der Waals surface area (Å²) in [6.45, 7) is 1.79. The van der Waals surface area contributed by atoms with E-state index in [1.165, 1.54) is 19.1 Å². The van der Waals surface area contributed by atoms with Crippen LogP contribution >= 0.6 is 0 Å². The molecule has 0 heterocycles. The van der Waals surface area contributed by atoms with Gasteiger partial charge in [0.25, 0.3) is 0 Å². The standard InChI is InChI=1S/C14H14F3NO2/c1-10(20)18-5-3-2-4-11-6-12(9-19)8-13(7-11)14(15,16)17/h2,4,6-9H,3,5H2,1H3,(H,18,20). The number of halogens is 3. The summed E-state index contributed by atoms with van der Waals surface area (Å²) in [5.41, 5.74) is -0.588. The van der Waals surface area contributed by atoms with Gasteiger partial charge in [-0.25, -0.2) is 0 Å². The molecule has 6 heteroatoms. The zero-order valence-electron chi connectivity index (χ0n) is 10.8. The molecule has 0 bridgehead atoms. The van der Waals surface area contributed by atoms with E-state index in [9.17, 15) is 22.8 Å². The van der Waals surface area contributed by atoms with Crippen LogP contribution in [0.5, 0.6) is 0 Å². The highest BCUT2D eigenvalue weighted by molar-refractivity contribution is 5.77. The molecular formula is C14H14F3NO2. The second-order valence-corrected chi connectivity index (χ2v) is 4.18. The van der Waals surface area contributed by atoms with Crippen LogP contribution in [0, 0.1) is 0 Å². The summed E-state index contributed by atoms with van der Waals surface area (Å²) in [5, 5.41) is 2.56. The average molecular weight is 285 g/mol. The molecule has 1 N–H and O–H groups in total. The predicted octanol–water partition coefficient (Wildman–Crippen LogP) is 3.06. The third kappa shape index (κ3) is 5.26. The zero-order chi connectivity index (χ0) is 15.2. The molecule has 0 aliphatic rings. The van der Waals surface area contributed by atoms with Crippen molar-refractivity contribution in [1.29, 1.82) is 0 Å². The zero-order valence-corrected chi connectivity index (χ0v) is 10.8. The van der Waals surface area contributed by atoms with Crippen LogP contribution in [0.4, 0.5) is 13.2 Å². The first-order valence-corrected chi connectivity index (χ1v) is 5.91. The van der Waals surface area contributed by atoms with E-state index in [1.54, 1.807) is 6.08 Å². The predicted molar refractivity (Wildman–Crippen MR) is 69.2 cm³/mol. The van der Waals surface area contributed by atoms with Gasteiger partial charge in [0.2, 0.25) is 5.91 Å². The van der Waals surface area contributed by atoms with Crippen LogP contribution in [0.2, 0.25) is 0 Å². The topological polar surface area (TPSA) is 46.2 Å². The molecule has 1 rings (SSSR count). The van der Waals surface area contributed by atoms with Crippen LogP contribution in [-0.2, 0) is 11.0 Å². The van der Waals surface area contributed by atoms with Crippen molar-refractivity contribution in [2.45, 2.75) is 19.5 Å². The molecule has 3 nitrogen and oxygen atoms in total. The van der Waals surface area contributed by atoms with E-state index in [1.807, 2.05) is 0 Å². The van der Waals surface area contributed by atoms with Crippen molar-refractivity contribution in [3.63, 3.8) is 0 Å². The van der Waals surface area contributed by atoms with Crippen molar-refractivity contribution >= 4 is 18.3 Å². The van der Waals surface area contributed by atoms with Gasteiger partial charge in [-0.3, -0.25) is 9.59 Å². The maximum atomic E-state index is 12.6. The molecule has 0 spiro atoms. The number of carbonyl (C=O) groups excluding carboxylic acids is 2. The van der Waals surface area contributed by atoms with Gasteiger partial charge in [-0.1, -0.05) is 12.2 Å². The molecule has 20 heavy (non-hydrogen) atoms. The number of alkyl halides is 3. The molecule has 0 aliphatic carbocycles. The third-order valence-electron chi connectivity index (χ3n) is 2.44. The highest BCUT2D eigenvalue weighted by Crippen LogP contribution is 2.30. The Morgan fingerprint density at radius 2 is 1.90 bits per heavy atom. The molecule has 0 radical (unpaired) electrons. The SMILES string of the molecule is CC(=O)NCCC=Cc1cc(C=O)cc(C(F)(F)F)c1. The van der Waals surface area contributed by atoms with E-state index in [2.05, 4.69) is 5.32 Å². The van der Waals surface area contributed by atoms with E-state index in [-0.39, 0.29) is 11.5 Å². The Morgan fingerprint density at radius 3 is 2.45 bits per heavy atom. The molecule has 1 aromatic rings. The summed E-state index contributed by atoms with van der Waals surface area (Å²) >= 11 is 0. The Hall–Kier alpha value is -2.11. The van der Waals surface area contributed by atoms with Crippen molar-refractivity contribution in [1.82, 2.24) is 5.32 Å². The lowest BCUT2D eigenvalue weighted by Crippen LogP contribution is -2.20. The fourth-order valence-electron chi connectivity index (χ4n) is 1.56. The Kier molecular flexibility index (Phi) is 5.49. The van der Waals surface area contributed by atoms with Gasteiger partial charge in [-0.05, 0) is 30.2 Å². The van der Waals surface area contributed by atoms with Crippen LogP contribution in [0.25, 0.3) is 6.08 Å². The summed E-state index contributed by atoms with van der Waals surface area (Å²) in [4.78, 5) is 21.3. The molecule has 1 amide bonds. The van der Waals surface area contributed by atoms with Crippen molar-refractivity contribution in [3.8, 4) is 0 Å². The van der Waals surface area contributed by atoms with Crippen molar-refractivity contribution in [2.75, 3.05) is 6.54 Å². The minimum atomic E-state index is -4.49. The van der Waals surface area contributed by atoms with E-state index < -0.39 is 11.7 Å². The van der Waals surface area contributed by atoms with Gasteiger partial charge in [-0.2, -0.15) is 13.2 Å². The van der Waals surface area contributed by atoms with Crippen LogP contribution in [0.15, 0.2) is 24.3 Å². The van der Waals surface area contributed by atoms with Crippen LogP contribution in [0.3, 0.4) is 0 Å². The van der Waals surface area contributed by atoms with Gasteiger partial charge in [0.05, 0.1) is 5.56 Å². The smallest absolute Gasteiger partial charge is 0.356 e. The second-order valence-electron chi connectivity index (χ2n) is 4.18. The number of amides is 1. The Morgan fingerprint density at radius 1 is 1.25 bits per heavy atom. The largest absolute Gasteiger partial charge is 0.416 e. The molecule has 0 aromatic heterocycles. The second kappa shape index (κ2) is 6.88. The van der Waals surface area contributed by atoms with Crippen molar-refractivity contribution < 1.29 is 22.8 Å². The summed E-state index contributed by atoms with van der Waals surface area (Å²) < 4.78 is 37.9. The first-order valence-electron chi connectivity index (χ1n) is 5.91. The number of hydrogen-bond donors (Lipinski definition) is 1. The van der Waals surface area contributed by atoms with E-state index in [0.29, 0.717) is 24.8 Å². The molecule has 0 atom stereocenters. The van der Waals surface area contributed by atoms with Crippen molar-refractivity contribution in [2.24, 2.45) is 0 Å². The fraction of sp³-hybridized carbons (Fsp3) is 0.286. The lowest BCUT2D eigenvalue weighted by Gasteiger charge is -2.08. The molecule has 0 fully saturated rings. The van der Waals surface area contributed by atoms with Crippen LogP contribution < -0.4 is 5.32 Å². The summed E-state index contributed by atoms with van der Waals surface area (Å²) in [6, 6.07) is 3.15. The highest BCUT2D eigenvalue weighted by Gasteiger charge is 2.30.